The predicted molar refractivity (Wildman–Crippen MR) is 102 cm³/mol. The van der Waals surface area contributed by atoms with E-state index in [0.29, 0.717) is 12.3 Å². The molecule has 0 bridgehead atoms. The van der Waals surface area contributed by atoms with E-state index in [4.69, 9.17) is 9.88 Å². The van der Waals surface area contributed by atoms with Gasteiger partial charge in [-0.2, -0.15) is 0 Å². The molecule has 9 nitrogen and oxygen atoms in total. The molecule has 2 rings (SSSR count). The molecule has 0 aliphatic heterocycles. The van der Waals surface area contributed by atoms with Gasteiger partial charge in [0.05, 0.1) is 23.0 Å². The number of methoxy groups -OCH3 is 1. The van der Waals surface area contributed by atoms with E-state index in [1.807, 2.05) is 43.3 Å². The van der Waals surface area contributed by atoms with Crippen molar-refractivity contribution in [3.63, 3.8) is 0 Å². The number of hydrogen-bond donors (Lipinski definition) is 2. The Morgan fingerprint density at radius 1 is 1.26 bits per heavy atom. The van der Waals surface area contributed by atoms with Gasteiger partial charge in [0.2, 0.25) is 10.0 Å². The van der Waals surface area contributed by atoms with Crippen molar-refractivity contribution in [1.29, 1.82) is 0 Å². The van der Waals surface area contributed by atoms with Crippen LogP contribution in [0.25, 0.3) is 0 Å². The number of rotatable bonds is 8. The molecule has 0 spiro atoms. The van der Waals surface area contributed by atoms with Crippen molar-refractivity contribution in [2.75, 3.05) is 33.1 Å². The van der Waals surface area contributed by atoms with Gasteiger partial charge in [0, 0.05) is 12.6 Å². The molecule has 0 aliphatic rings. The van der Waals surface area contributed by atoms with Crippen molar-refractivity contribution < 1.29 is 18.1 Å². The number of anilines is 1. The van der Waals surface area contributed by atoms with Gasteiger partial charge in [-0.05, 0) is 43.9 Å². The standard InChI is InChI=1S/C17H22N4O5S/c1-20(2)17(12-5-4-6-13(9-12)26-3)11-19-15-8-7-14(27(18,24)25)10-16(15)21(22)23/h4-10,17,19H,11H2,1-3H3,(H2,18,24,25)/t17-/m0/s1. The average Bonchev–Trinajstić information content (AvgIpc) is 2.60. The molecule has 2 aromatic rings. The second-order valence-corrected chi connectivity index (χ2v) is 7.68. The van der Waals surface area contributed by atoms with Crippen LogP contribution in [0.3, 0.4) is 0 Å². The summed E-state index contributed by atoms with van der Waals surface area (Å²) in [5.41, 5.74) is 0.822. The number of sulfonamides is 1. The minimum atomic E-state index is -4.03. The highest BCUT2D eigenvalue weighted by atomic mass is 32.2. The van der Waals surface area contributed by atoms with Crippen LogP contribution in [-0.4, -0.2) is 46.0 Å². The molecule has 0 aliphatic carbocycles. The molecule has 0 saturated heterocycles. The number of ether oxygens (including phenoxy) is 1. The average molecular weight is 394 g/mol. The highest BCUT2D eigenvalue weighted by Crippen LogP contribution is 2.29. The van der Waals surface area contributed by atoms with Gasteiger partial charge in [-0.1, -0.05) is 12.1 Å². The second-order valence-electron chi connectivity index (χ2n) is 6.12. The largest absolute Gasteiger partial charge is 0.497 e. The summed E-state index contributed by atoms with van der Waals surface area (Å²) in [6.45, 7) is 0.357. The van der Waals surface area contributed by atoms with Crippen LogP contribution in [0.2, 0.25) is 0 Å². The second kappa shape index (κ2) is 8.33. The maximum atomic E-state index is 11.4. The summed E-state index contributed by atoms with van der Waals surface area (Å²) < 4.78 is 28.1. The van der Waals surface area contributed by atoms with E-state index >= 15 is 0 Å². The Morgan fingerprint density at radius 3 is 2.52 bits per heavy atom. The third kappa shape index (κ3) is 5.16. The van der Waals surface area contributed by atoms with E-state index in [-0.39, 0.29) is 22.3 Å². The molecule has 1 atom stereocenters. The SMILES string of the molecule is COc1cccc([C@H](CNc2ccc(S(N)(=O)=O)cc2[N+](=O)[O-])N(C)C)c1. The summed E-state index contributed by atoms with van der Waals surface area (Å²) in [6.07, 6.45) is 0. The molecule has 0 aromatic heterocycles. The molecule has 0 fully saturated rings. The molecule has 0 radical (unpaired) electrons. The Bertz CT molecular complexity index is 931. The Morgan fingerprint density at radius 2 is 1.96 bits per heavy atom. The Hall–Kier alpha value is -2.69. The first-order chi connectivity index (χ1) is 12.6. The molecule has 0 unspecified atom stereocenters. The molecule has 0 amide bonds. The minimum absolute atomic E-state index is 0.0994. The third-order valence-electron chi connectivity index (χ3n) is 4.08. The number of nitrogens with zero attached hydrogens (tertiary/aromatic N) is 2. The lowest BCUT2D eigenvalue weighted by Gasteiger charge is -2.26. The summed E-state index contributed by atoms with van der Waals surface area (Å²) in [5.74, 6) is 0.711. The summed E-state index contributed by atoms with van der Waals surface area (Å²) in [4.78, 5) is 12.3. The summed E-state index contributed by atoms with van der Waals surface area (Å²) in [5, 5.41) is 19.4. The molecule has 2 aromatic carbocycles. The van der Waals surface area contributed by atoms with Crippen LogP contribution in [0.15, 0.2) is 47.4 Å². The van der Waals surface area contributed by atoms with Crippen molar-refractivity contribution in [1.82, 2.24) is 4.90 Å². The first-order valence-electron chi connectivity index (χ1n) is 7.99. The number of nitro benzene ring substituents is 1. The quantitative estimate of drug-likeness (QED) is 0.517. The molecule has 3 N–H and O–H groups in total. The Kier molecular flexibility index (Phi) is 6.37. The minimum Gasteiger partial charge on any atom is -0.497 e. The summed E-state index contributed by atoms with van der Waals surface area (Å²) in [6, 6.07) is 11.0. The summed E-state index contributed by atoms with van der Waals surface area (Å²) in [7, 11) is 1.34. The predicted octanol–water partition coefficient (Wildman–Crippen LogP) is 1.97. The fourth-order valence-corrected chi connectivity index (χ4v) is 3.18. The van der Waals surface area contributed by atoms with Gasteiger partial charge >= 0.3 is 0 Å². The Balaban J connectivity index is 2.30. The van der Waals surface area contributed by atoms with E-state index in [2.05, 4.69) is 5.32 Å². The van der Waals surface area contributed by atoms with Crippen LogP contribution in [-0.2, 0) is 10.0 Å². The van der Waals surface area contributed by atoms with E-state index in [1.54, 1.807) is 7.11 Å². The Labute approximate surface area is 157 Å². The van der Waals surface area contributed by atoms with Crippen LogP contribution in [0.5, 0.6) is 5.75 Å². The van der Waals surface area contributed by atoms with Gasteiger partial charge in [-0.15, -0.1) is 0 Å². The van der Waals surface area contributed by atoms with Crippen molar-refractivity contribution in [2.45, 2.75) is 10.9 Å². The fraction of sp³-hybridized carbons (Fsp3) is 0.294. The lowest BCUT2D eigenvalue weighted by Crippen LogP contribution is -2.27. The van der Waals surface area contributed by atoms with E-state index in [1.165, 1.54) is 12.1 Å². The van der Waals surface area contributed by atoms with Crippen LogP contribution in [0, 0.1) is 10.1 Å². The molecular formula is C17H22N4O5S. The maximum Gasteiger partial charge on any atom is 0.293 e. The van der Waals surface area contributed by atoms with Crippen LogP contribution in [0.4, 0.5) is 11.4 Å². The van der Waals surface area contributed by atoms with E-state index < -0.39 is 14.9 Å². The van der Waals surface area contributed by atoms with Crippen LogP contribution >= 0.6 is 0 Å². The van der Waals surface area contributed by atoms with Crippen LogP contribution < -0.4 is 15.2 Å². The van der Waals surface area contributed by atoms with Crippen LogP contribution in [0.1, 0.15) is 11.6 Å². The van der Waals surface area contributed by atoms with Gasteiger partial charge < -0.3 is 15.0 Å². The lowest BCUT2D eigenvalue weighted by atomic mass is 10.1. The number of nitrogens with two attached hydrogens (primary N) is 1. The third-order valence-corrected chi connectivity index (χ3v) is 4.99. The zero-order chi connectivity index (χ0) is 20.2. The van der Waals surface area contributed by atoms with Crippen molar-refractivity contribution in [2.24, 2.45) is 5.14 Å². The molecule has 27 heavy (non-hydrogen) atoms. The molecular weight excluding hydrogens is 372 g/mol. The van der Waals surface area contributed by atoms with E-state index in [0.717, 1.165) is 11.6 Å². The highest BCUT2D eigenvalue weighted by Gasteiger charge is 2.21. The maximum absolute atomic E-state index is 11.4. The van der Waals surface area contributed by atoms with E-state index in [9.17, 15) is 18.5 Å². The van der Waals surface area contributed by atoms with Crippen molar-refractivity contribution in [3.8, 4) is 5.75 Å². The normalized spacial score (nSPS) is 12.6. The number of benzene rings is 2. The molecule has 10 heteroatoms. The van der Waals surface area contributed by atoms with Crippen molar-refractivity contribution >= 4 is 21.4 Å². The molecule has 146 valence electrons. The van der Waals surface area contributed by atoms with Gasteiger partial charge in [0.25, 0.3) is 5.69 Å². The topological polar surface area (TPSA) is 128 Å². The zero-order valence-electron chi connectivity index (χ0n) is 15.2. The van der Waals surface area contributed by atoms with Gasteiger partial charge in [-0.25, -0.2) is 13.6 Å². The monoisotopic (exact) mass is 394 g/mol. The number of nitro groups is 1. The highest BCUT2D eigenvalue weighted by molar-refractivity contribution is 7.89. The fourth-order valence-electron chi connectivity index (χ4n) is 2.64. The zero-order valence-corrected chi connectivity index (χ0v) is 16.1. The first kappa shape index (κ1) is 20.6. The molecule has 0 heterocycles. The van der Waals surface area contributed by atoms with Gasteiger partial charge in [0.1, 0.15) is 11.4 Å². The first-order valence-corrected chi connectivity index (χ1v) is 9.53. The lowest BCUT2D eigenvalue weighted by molar-refractivity contribution is -0.384. The smallest absolute Gasteiger partial charge is 0.293 e. The number of hydrogen-bond acceptors (Lipinski definition) is 7. The summed E-state index contributed by atoms with van der Waals surface area (Å²) >= 11 is 0. The number of primary sulfonamides is 1. The van der Waals surface area contributed by atoms with Gasteiger partial charge in [-0.3, -0.25) is 10.1 Å². The number of nitrogens with one attached hydrogen (secondary N) is 1. The number of likely N-dealkylation sites (N-methyl/N-ethyl adjacent to an activating group) is 1. The van der Waals surface area contributed by atoms with Gasteiger partial charge in [0.15, 0.2) is 0 Å². The molecule has 0 saturated carbocycles. The van der Waals surface area contributed by atoms with Crippen molar-refractivity contribution in [3.05, 3.63) is 58.1 Å².